The molecule has 1 N–H and O–H groups in total. The first kappa shape index (κ1) is 13.0. The summed E-state index contributed by atoms with van der Waals surface area (Å²) in [5.41, 5.74) is 3.42. The Morgan fingerprint density at radius 2 is 2.12 bits per heavy atom. The van der Waals surface area contributed by atoms with Gasteiger partial charge in [0.15, 0.2) is 0 Å². The van der Waals surface area contributed by atoms with Crippen LogP contribution in [0.15, 0.2) is 6.20 Å². The SMILES string of the molecule is CNC(C)CCc1ncc(C)c(OC)c1C. The van der Waals surface area contributed by atoms with Crippen molar-refractivity contribution in [1.29, 1.82) is 0 Å². The number of pyridine rings is 1. The van der Waals surface area contributed by atoms with Crippen molar-refractivity contribution in [2.24, 2.45) is 0 Å². The zero-order valence-electron chi connectivity index (χ0n) is 10.9. The number of hydrogen-bond acceptors (Lipinski definition) is 3. The Balaban J connectivity index is 2.81. The highest BCUT2D eigenvalue weighted by atomic mass is 16.5. The molecule has 0 fully saturated rings. The Bertz CT molecular complexity index is 350. The summed E-state index contributed by atoms with van der Waals surface area (Å²) in [5.74, 6) is 0.974. The van der Waals surface area contributed by atoms with Gasteiger partial charge in [0.2, 0.25) is 0 Å². The van der Waals surface area contributed by atoms with Gasteiger partial charge < -0.3 is 10.1 Å². The lowest BCUT2D eigenvalue weighted by molar-refractivity contribution is 0.406. The predicted molar refractivity (Wildman–Crippen MR) is 67.1 cm³/mol. The van der Waals surface area contributed by atoms with Crippen molar-refractivity contribution in [3.8, 4) is 5.75 Å². The molecule has 0 aliphatic heterocycles. The molecule has 16 heavy (non-hydrogen) atoms. The molecule has 1 aromatic rings. The molecule has 3 nitrogen and oxygen atoms in total. The zero-order valence-corrected chi connectivity index (χ0v) is 10.9. The average Bonchev–Trinajstić information content (AvgIpc) is 2.28. The summed E-state index contributed by atoms with van der Waals surface area (Å²) in [5, 5.41) is 3.24. The molecule has 0 amide bonds. The Morgan fingerprint density at radius 1 is 1.44 bits per heavy atom. The minimum atomic E-state index is 0.522. The minimum Gasteiger partial charge on any atom is -0.496 e. The summed E-state index contributed by atoms with van der Waals surface area (Å²) >= 11 is 0. The van der Waals surface area contributed by atoms with Crippen molar-refractivity contribution in [1.82, 2.24) is 10.3 Å². The molecule has 0 saturated carbocycles. The number of nitrogens with one attached hydrogen (secondary N) is 1. The second kappa shape index (κ2) is 5.85. The summed E-state index contributed by atoms with van der Waals surface area (Å²) in [6.45, 7) is 6.29. The molecule has 1 unspecified atom stereocenters. The van der Waals surface area contributed by atoms with Gasteiger partial charge in [-0.2, -0.15) is 0 Å². The molecule has 0 aliphatic rings. The van der Waals surface area contributed by atoms with Crippen molar-refractivity contribution in [3.05, 3.63) is 23.0 Å². The highest BCUT2D eigenvalue weighted by molar-refractivity contribution is 5.41. The molecule has 90 valence electrons. The number of nitrogens with zero attached hydrogens (tertiary/aromatic N) is 1. The number of aromatic nitrogens is 1. The summed E-state index contributed by atoms with van der Waals surface area (Å²) in [6.07, 6.45) is 3.98. The molecule has 1 heterocycles. The van der Waals surface area contributed by atoms with Gasteiger partial charge >= 0.3 is 0 Å². The summed E-state index contributed by atoms with van der Waals surface area (Å²) in [4.78, 5) is 4.48. The fraction of sp³-hybridized carbons (Fsp3) is 0.615. The van der Waals surface area contributed by atoms with Crippen LogP contribution in [0, 0.1) is 13.8 Å². The highest BCUT2D eigenvalue weighted by Crippen LogP contribution is 2.24. The van der Waals surface area contributed by atoms with E-state index in [1.165, 1.54) is 5.56 Å². The van der Waals surface area contributed by atoms with Crippen LogP contribution in [0.5, 0.6) is 5.75 Å². The lowest BCUT2D eigenvalue weighted by Crippen LogP contribution is -2.21. The van der Waals surface area contributed by atoms with E-state index < -0.39 is 0 Å². The average molecular weight is 222 g/mol. The number of rotatable bonds is 5. The van der Waals surface area contributed by atoms with Gasteiger partial charge in [-0.25, -0.2) is 0 Å². The Hall–Kier alpha value is -1.09. The topological polar surface area (TPSA) is 34.2 Å². The van der Waals surface area contributed by atoms with E-state index in [0.29, 0.717) is 6.04 Å². The molecule has 0 spiro atoms. The van der Waals surface area contributed by atoms with Crippen LogP contribution in [0.1, 0.15) is 30.2 Å². The van der Waals surface area contributed by atoms with E-state index in [1.807, 2.05) is 20.2 Å². The molecule has 1 aromatic heterocycles. The van der Waals surface area contributed by atoms with Crippen molar-refractivity contribution in [2.45, 2.75) is 39.7 Å². The number of hydrogen-bond donors (Lipinski definition) is 1. The smallest absolute Gasteiger partial charge is 0.128 e. The predicted octanol–water partition coefficient (Wildman–Crippen LogP) is 2.25. The van der Waals surface area contributed by atoms with E-state index in [2.05, 4.69) is 24.1 Å². The molecule has 0 saturated heterocycles. The Kier molecular flexibility index (Phi) is 4.74. The normalized spacial score (nSPS) is 12.6. The van der Waals surface area contributed by atoms with Crippen LogP contribution in [-0.2, 0) is 6.42 Å². The Labute approximate surface area is 98.2 Å². The second-order valence-electron chi connectivity index (χ2n) is 4.27. The molecule has 0 radical (unpaired) electrons. The fourth-order valence-electron chi connectivity index (χ4n) is 1.82. The first-order valence-electron chi connectivity index (χ1n) is 5.76. The van der Waals surface area contributed by atoms with E-state index in [0.717, 1.165) is 29.8 Å². The van der Waals surface area contributed by atoms with Crippen LogP contribution in [-0.4, -0.2) is 25.2 Å². The van der Waals surface area contributed by atoms with E-state index in [4.69, 9.17) is 4.74 Å². The van der Waals surface area contributed by atoms with Gasteiger partial charge in [0.05, 0.1) is 7.11 Å². The van der Waals surface area contributed by atoms with Crippen LogP contribution in [0.4, 0.5) is 0 Å². The Morgan fingerprint density at radius 3 is 2.69 bits per heavy atom. The van der Waals surface area contributed by atoms with Gasteiger partial charge in [0, 0.05) is 29.1 Å². The summed E-state index contributed by atoms with van der Waals surface area (Å²) in [7, 11) is 3.70. The van der Waals surface area contributed by atoms with E-state index in [9.17, 15) is 0 Å². The lowest BCUT2D eigenvalue weighted by Gasteiger charge is -2.14. The first-order valence-corrected chi connectivity index (χ1v) is 5.76. The van der Waals surface area contributed by atoms with Gasteiger partial charge in [0.1, 0.15) is 5.75 Å². The maximum Gasteiger partial charge on any atom is 0.128 e. The first-order chi connectivity index (χ1) is 7.60. The molecule has 0 aromatic carbocycles. The van der Waals surface area contributed by atoms with Crippen molar-refractivity contribution in [3.63, 3.8) is 0 Å². The van der Waals surface area contributed by atoms with Crippen molar-refractivity contribution < 1.29 is 4.74 Å². The van der Waals surface area contributed by atoms with Crippen LogP contribution >= 0.6 is 0 Å². The van der Waals surface area contributed by atoms with Gasteiger partial charge in [-0.15, -0.1) is 0 Å². The molecule has 0 aliphatic carbocycles. The summed E-state index contributed by atoms with van der Waals surface area (Å²) in [6, 6.07) is 0.522. The third-order valence-corrected chi connectivity index (χ3v) is 3.06. The number of ether oxygens (including phenoxy) is 1. The van der Waals surface area contributed by atoms with Gasteiger partial charge in [0.25, 0.3) is 0 Å². The van der Waals surface area contributed by atoms with Crippen LogP contribution in [0.25, 0.3) is 0 Å². The van der Waals surface area contributed by atoms with E-state index in [-0.39, 0.29) is 0 Å². The maximum atomic E-state index is 5.39. The molecule has 1 rings (SSSR count). The van der Waals surface area contributed by atoms with Crippen LogP contribution in [0.3, 0.4) is 0 Å². The maximum absolute atomic E-state index is 5.39. The third-order valence-electron chi connectivity index (χ3n) is 3.06. The van der Waals surface area contributed by atoms with Gasteiger partial charge in [-0.05, 0) is 40.7 Å². The molecule has 0 bridgehead atoms. The van der Waals surface area contributed by atoms with Crippen LogP contribution < -0.4 is 10.1 Å². The molecule has 3 heteroatoms. The largest absolute Gasteiger partial charge is 0.496 e. The van der Waals surface area contributed by atoms with Crippen molar-refractivity contribution in [2.75, 3.05) is 14.2 Å². The van der Waals surface area contributed by atoms with Gasteiger partial charge in [-0.1, -0.05) is 0 Å². The molecular weight excluding hydrogens is 200 g/mol. The highest BCUT2D eigenvalue weighted by Gasteiger charge is 2.10. The fourth-order valence-corrected chi connectivity index (χ4v) is 1.82. The van der Waals surface area contributed by atoms with E-state index >= 15 is 0 Å². The van der Waals surface area contributed by atoms with Crippen LogP contribution in [0.2, 0.25) is 0 Å². The molecule has 1 atom stereocenters. The quantitative estimate of drug-likeness (QED) is 0.829. The number of aryl methyl sites for hydroxylation is 2. The minimum absolute atomic E-state index is 0.522. The second-order valence-corrected chi connectivity index (χ2v) is 4.27. The monoisotopic (exact) mass is 222 g/mol. The molecular formula is C13H22N2O. The number of methoxy groups -OCH3 is 1. The van der Waals surface area contributed by atoms with E-state index in [1.54, 1.807) is 7.11 Å². The third kappa shape index (κ3) is 2.95. The lowest BCUT2D eigenvalue weighted by atomic mass is 10.0. The summed E-state index contributed by atoms with van der Waals surface area (Å²) < 4.78 is 5.39. The standard InChI is InChI=1S/C13H22N2O/c1-9-8-15-12(7-6-10(2)14-4)11(3)13(9)16-5/h8,10,14H,6-7H2,1-5H3. The van der Waals surface area contributed by atoms with Gasteiger partial charge in [-0.3, -0.25) is 4.98 Å². The zero-order chi connectivity index (χ0) is 12.1. The van der Waals surface area contributed by atoms with Crippen molar-refractivity contribution >= 4 is 0 Å².